The lowest BCUT2D eigenvalue weighted by molar-refractivity contribution is -0.384. The maximum Gasteiger partial charge on any atom is 0.410 e. The molecule has 0 spiro atoms. The number of amides is 1. The van der Waals surface area contributed by atoms with Crippen LogP contribution in [0.3, 0.4) is 0 Å². The van der Waals surface area contributed by atoms with Crippen molar-refractivity contribution in [2.75, 3.05) is 36.4 Å². The summed E-state index contributed by atoms with van der Waals surface area (Å²) < 4.78 is 5.43. The van der Waals surface area contributed by atoms with Crippen molar-refractivity contribution in [1.82, 2.24) is 14.9 Å². The van der Waals surface area contributed by atoms with Crippen molar-refractivity contribution in [2.24, 2.45) is 0 Å². The van der Waals surface area contributed by atoms with E-state index >= 15 is 0 Å². The van der Waals surface area contributed by atoms with Gasteiger partial charge in [0.25, 0.3) is 0 Å². The summed E-state index contributed by atoms with van der Waals surface area (Å²) in [6.45, 7) is 9.28. The Morgan fingerprint density at radius 2 is 1.83 bits per heavy atom. The number of nitro groups is 1. The van der Waals surface area contributed by atoms with Crippen LogP contribution < -0.4 is 10.2 Å². The molecule has 30 heavy (non-hydrogen) atoms. The zero-order valence-corrected chi connectivity index (χ0v) is 17.6. The smallest absolute Gasteiger partial charge is 0.410 e. The largest absolute Gasteiger partial charge is 0.444 e. The van der Waals surface area contributed by atoms with Crippen LogP contribution in [0.15, 0.2) is 30.6 Å². The number of ether oxygens (including phenoxy) is 1. The number of nitrogens with zero attached hydrogens (tertiary/aromatic N) is 5. The fourth-order valence-electron chi connectivity index (χ4n) is 3.14. The summed E-state index contributed by atoms with van der Waals surface area (Å²) >= 11 is 0. The van der Waals surface area contributed by atoms with Gasteiger partial charge in [0.15, 0.2) is 0 Å². The van der Waals surface area contributed by atoms with E-state index < -0.39 is 10.5 Å². The highest BCUT2D eigenvalue weighted by atomic mass is 16.6. The first-order valence-electron chi connectivity index (χ1n) is 9.70. The molecule has 0 atom stereocenters. The van der Waals surface area contributed by atoms with Crippen molar-refractivity contribution < 1.29 is 14.5 Å². The molecule has 10 heteroatoms. The molecule has 3 rings (SSSR count). The van der Waals surface area contributed by atoms with Crippen LogP contribution in [0.5, 0.6) is 0 Å². The molecule has 1 saturated heterocycles. The van der Waals surface area contributed by atoms with E-state index in [1.165, 1.54) is 0 Å². The molecule has 2 aromatic rings. The second kappa shape index (κ2) is 8.52. The number of aryl methyl sites for hydroxylation is 1. The molecule has 0 bridgehead atoms. The van der Waals surface area contributed by atoms with Gasteiger partial charge in [0, 0.05) is 49.8 Å². The minimum absolute atomic E-state index is 0.0667. The Bertz CT molecular complexity index is 921. The van der Waals surface area contributed by atoms with Crippen LogP contribution in [0.4, 0.5) is 27.8 Å². The van der Waals surface area contributed by atoms with Gasteiger partial charge in [0.2, 0.25) is 5.82 Å². The lowest BCUT2D eigenvalue weighted by atomic mass is 10.2. The number of piperazine rings is 1. The van der Waals surface area contributed by atoms with Crippen molar-refractivity contribution in [3.63, 3.8) is 0 Å². The molecule has 0 aliphatic carbocycles. The van der Waals surface area contributed by atoms with E-state index in [0.717, 1.165) is 0 Å². The van der Waals surface area contributed by atoms with E-state index in [9.17, 15) is 14.9 Å². The van der Waals surface area contributed by atoms with Crippen molar-refractivity contribution >= 4 is 29.1 Å². The third kappa shape index (κ3) is 5.13. The third-order valence-electron chi connectivity index (χ3n) is 4.55. The van der Waals surface area contributed by atoms with Gasteiger partial charge in [0.05, 0.1) is 4.92 Å². The molecule has 1 amide bonds. The summed E-state index contributed by atoms with van der Waals surface area (Å²) in [5, 5.41) is 14.6. The Morgan fingerprint density at radius 3 is 2.40 bits per heavy atom. The normalized spacial score (nSPS) is 14.4. The quantitative estimate of drug-likeness (QED) is 0.597. The van der Waals surface area contributed by atoms with Crippen LogP contribution in [0.1, 0.15) is 26.3 Å². The second-order valence-corrected chi connectivity index (χ2v) is 8.07. The zero-order chi connectivity index (χ0) is 21.9. The van der Waals surface area contributed by atoms with Crippen molar-refractivity contribution in [3.05, 3.63) is 46.3 Å². The molecule has 3 heterocycles. The number of aromatic nitrogens is 2. The first kappa shape index (κ1) is 21.3. The number of pyridine rings is 2. The maximum atomic E-state index is 12.3. The van der Waals surface area contributed by atoms with E-state index in [-0.39, 0.29) is 17.6 Å². The lowest BCUT2D eigenvalue weighted by Crippen LogP contribution is -2.50. The predicted octanol–water partition coefficient (Wildman–Crippen LogP) is 3.49. The molecule has 160 valence electrons. The number of nitrogens with one attached hydrogen (secondary N) is 1. The highest BCUT2D eigenvalue weighted by Gasteiger charge is 2.28. The van der Waals surface area contributed by atoms with Gasteiger partial charge in [-0.2, -0.15) is 0 Å². The number of carbonyl (C=O) groups excluding carboxylic acids is 1. The first-order valence-corrected chi connectivity index (χ1v) is 9.70. The molecular weight excluding hydrogens is 388 g/mol. The van der Waals surface area contributed by atoms with Gasteiger partial charge < -0.3 is 19.9 Å². The number of hydrogen-bond acceptors (Lipinski definition) is 8. The van der Waals surface area contributed by atoms with Gasteiger partial charge in [-0.3, -0.25) is 15.1 Å². The number of carbonyl (C=O) groups is 1. The Morgan fingerprint density at radius 1 is 1.20 bits per heavy atom. The second-order valence-electron chi connectivity index (χ2n) is 8.07. The van der Waals surface area contributed by atoms with Gasteiger partial charge in [-0.15, -0.1) is 0 Å². The van der Waals surface area contributed by atoms with E-state index in [0.29, 0.717) is 43.2 Å². The fraction of sp³-hybridized carbons (Fsp3) is 0.450. The molecule has 0 saturated carbocycles. The van der Waals surface area contributed by atoms with Crippen molar-refractivity contribution in [2.45, 2.75) is 33.3 Å². The summed E-state index contributed by atoms with van der Waals surface area (Å²) in [5.41, 5.74) is 0.560. The van der Waals surface area contributed by atoms with Crippen LogP contribution in [0.25, 0.3) is 0 Å². The Kier molecular flexibility index (Phi) is 6.04. The fourth-order valence-corrected chi connectivity index (χ4v) is 3.14. The summed E-state index contributed by atoms with van der Waals surface area (Å²) in [5.74, 6) is 0.800. The Balaban J connectivity index is 1.78. The average Bonchev–Trinajstić information content (AvgIpc) is 2.67. The minimum atomic E-state index is -0.543. The Hall–Kier alpha value is -3.43. The summed E-state index contributed by atoms with van der Waals surface area (Å²) in [6.07, 6.45) is 2.86. The third-order valence-corrected chi connectivity index (χ3v) is 4.55. The van der Waals surface area contributed by atoms with Crippen LogP contribution in [-0.2, 0) is 4.74 Å². The predicted molar refractivity (Wildman–Crippen MR) is 113 cm³/mol. The SMILES string of the molecule is Cc1cc(N2CCN(C(=O)OC(C)(C)C)CC2)nc(Nc2ccncc2)c1[N+](=O)[O-]. The monoisotopic (exact) mass is 414 g/mol. The van der Waals surface area contributed by atoms with Gasteiger partial charge in [-0.05, 0) is 45.9 Å². The number of anilines is 3. The minimum Gasteiger partial charge on any atom is -0.444 e. The molecule has 10 nitrogen and oxygen atoms in total. The van der Waals surface area contributed by atoms with Crippen LogP contribution >= 0.6 is 0 Å². The molecule has 1 aliphatic heterocycles. The molecule has 0 aromatic carbocycles. The standard InChI is InChI=1S/C20H26N6O4/c1-14-13-16(24-9-11-25(12-10-24)19(27)30-20(2,3)4)23-18(17(14)26(28)29)22-15-5-7-21-8-6-15/h5-8,13H,9-12H2,1-4H3,(H,21,22,23). The molecule has 1 aliphatic rings. The lowest BCUT2D eigenvalue weighted by Gasteiger charge is -2.36. The van der Waals surface area contributed by atoms with Gasteiger partial charge >= 0.3 is 11.8 Å². The van der Waals surface area contributed by atoms with Gasteiger partial charge in [-0.25, -0.2) is 9.78 Å². The summed E-state index contributed by atoms with van der Waals surface area (Å²) in [4.78, 5) is 35.6. The van der Waals surface area contributed by atoms with Crippen LogP contribution in [0.2, 0.25) is 0 Å². The Labute approximate surface area is 175 Å². The summed E-state index contributed by atoms with van der Waals surface area (Å²) in [6, 6.07) is 5.14. The highest BCUT2D eigenvalue weighted by molar-refractivity contribution is 5.71. The van der Waals surface area contributed by atoms with E-state index in [1.807, 2.05) is 25.7 Å². The molecule has 0 unspecified atom stereocenters. The topological polar surface area (TPSA) is 114 Å². The molecule has 2 aromatic heterocycles. The highest BCUT2D eigenvalue weighted by Crippen LogP contribution is 2.32. The number of hydrogen-bond donors (Lipinski definition) is 1. The van der Waals surface area contributed by atoms with Gasteiger partial charge in [-0.1, -0.05) is 0 Å². The van der Waals surface area contributed by atoms with E-state index in [2.05, 4.69) is 15.3 Å². The average molecular weight is 414 g/mol. The van der Waals surface area contributed by atoms with E-state index in [4.69, 9.17) is 4.74 Å². The van der Waals surface area contributed by atoms with Crippen LogP contribution in [0, 0.1) is 17.0 Å². The van der Waals surface area contributed by atoms with E-state index in [1.54, 1.807) is 42.4 Å². The molecule has 0 radical (unpaired) electrons. The molecule has 1 fully saturated rings. The van der Waals surface area contributed by atoms with Crippen LogP contribution in [-0.4, -0.2) is 57.7 Å². The number of rotatable bonds is 4. The molecular formula is C20H26N6O4. The van der Waals surface area contributed by atoms with Crippen molar-refractivity contribution in [3.8, 4) is 0 Å². The van der Waals surface area contributed by atoms with Crippen molar-refractivity contribution in [1.29, 1.82) is 0 Å². The molecule has 1 N–H and O–H groups in total. The maximum absolute atomic E-state index is 12.3. The zero-order valence-electron chi connectivity index (χ0n) is 17.6. The first-order chi connectivity index (χ1) is 14.1. The van der Waals surface area contributed by atoms with Gasteiger partial charge in [0.1, 0.15) is 11.4 Å². The summed E-state index contributed by atoms with van der Waals surface area (Å²) in [7, 11) is 0.